The molecule has 1 amide bonds. The Bertz CT molecular complexity index is 963. The summed E-state index contributed by atoms with van der Waals surface area (Å²) in [7, 11) is 0. The number of fused-ring (bicyclic) bond motifs is 1. The number of rotatable bonds is 7. The third kappa shape index (κ3) is 5.71. The molecular weight excluding hydrogens is 426 g/mol. The topological polar surface area (TPSA) is 51.3 Å². The van der Waals surface area contributed by atoms with Gasteiger partial charge in [0, 0.05) is 76.7 Å². The van der Waals surface area contributed by atoms with Crippen molar-refractivity contribution in [2.75, 3.05) is 82.3 Å². The summed E-state index contributed by atoms with van der Waals surface area (Å²) in [5.74, 6) is 1.11. The minimum atomic E-state index is 0.0661. The third-order valence-corrected chi connectivity index (χ3v) is 7.33. The van der Waals surface area contributed by atoms with Crippen molar-refractivity contribution in [1.82, 2.24) is 14.7 Å². The molecule has 0 aromatic heterocycles. The van der Waals surface area contributed by atoms with Gasteiger partial charge < -0.3 is 19.9 Å². The Morgan fingerprint density at radius 3 is 2.32 bits per heavy atom. The van der Waals surface area contributed by atoms with Gasteiger partial charge in [-0.05, 0) is 48.0 Å². The average Bonchev–Trinajstić information content (AvgIpc) is 3.34. The maximum absolute atomic E-state index is 12.6. The molecule has 7 heteroatoms. The highest BCUT2D eigenvalue weighted by Gasteiger charge is 2.20. The van der Waals surface area contributed by atoms with Crippen molar-refractivity contribution >= 4 is 17.3 Å². The number of nitrogens with zero attached hydrogens (tertiary/aromatic N) is 4. The van der Waals surface area contributed by atoms with E-state index in [1.807, 2.05) is 12.1 Å². The zero-order valence-corrected chi connectivity index (χ0v) is 20.3. The molecule has 0 unspecified atom stereocenters. The molecule has 0 atom stereocenters. The first kappa shape index (κ1) is 23.1. The largest absolute Gasteiger partial charge is 0.493 e. The number of anilines is 2. The van der Waals surface area contributed by atoms with E-state index in [0.29, 0.717) is 6.54 Å². The van der Waals surface area contributed by atoms with Gasteiger partial charge in [0.05, 0.1) is 13.2 Å². The smallest absolute Gasteiger partial charge is 0.238 e. The minimum absolute atomic E-state index is 0.0661. The molecule has 0 radical (unpaired) electrons. The maximum Gasteiger partial charge on any atom is 0.238 e. The van der Waals surface area contributed by atoms with Crippen LogP contribution < -0.4 is 15.0 Å². The van der Waals surface area contributed by atoms with E-state index in [1.54, 1.807) is 0 Å². The van der Waals surface area contributed by atoms with Crippen LogP contribution in [-0.2, 0) is 17.8 Å². The fourth-order valence-electron chi connectivity index (χ4n) is 5.18. The molecule has 2 saturated heterocycles. The summed E-state index contributed by atoms with van der Waals surface area (Å²) in [4.78, 5) is 22.3. The van der Waals surface area contributed by atoms with E-state index in [1.165, 1.54) is 16.8 Å². The van der Waals surface area contributed by atoms with Crippen molar-refractivity contribution < 1.29 is 9.53 Å². The number of nitrogens with one attached hydrogen (secondary N) is 1. The van der Waals surface area contributed by atoms with Gasteiger partial charge in [0.2, 0.25) is 5.91 Å². The Hall–Kier alpha value is -2.61. The van der Waals surface area contributed by atoms with Gasteiger partial charge in [-0.25, -0.2) is 0 Å². The highest BCUT2D eigenvalue weighted by atomic mass is 16.5. The van der Waals surface area contributed by atoms with Crippen LogP contribution in [0.5, 0.6) is 5.75 Å². The van der Waals surface area contributed by atoms with Gasteiger partial charge in [0.25, 0.3) is 0 Å². The second-order valence-corrected chi connectivity index (χ2v) is 9.61. The quantitative estimate of drug-likeness (QED) is 0.681. The number of benzene rings is 2. The van der Waals surface area contributed by atoms with E-state index < -0.39 is 0 Å². The molecule has 34 heavy (non-hydrogen) atoms. The number of hydrogen-bond donors (Lipinski definition) is 1. The van der Waals surface area contributed by atoms with Crippen molar-refractivity contribution in [3.63, 3.8) is 0 Å². The van der Waals surface area contributed by atoms with E-state index in [-0.39, 0.29) is 5.91 Å². The van der Waals surface area contributed by atoms with Crippen LogP contribution in [0.3, 0.4) is 0 Å². The number of carbonyl (C=O) groups excluding carboxylic acids is 1. The number of hydrogen-bond acceptors (Lipinski definition) is 6. The lowest BCUT2D eigenvalue weighted by molar-refractivity contribution is -0.117. The molecule has 3 heterocycles. The number of carbonyl (C=O) groups is 1. The lowest BCUT2D eigenvalue weighted by atomic mass is 10.1. The molecular formula is C27H37N5O2. The molecule has 182 valence electrons. The Labute approximate surface area is 203 Å². The molecule has 0 spiro atoms. The van der Waals surface area contributed by atoms with Gasteiger partial charge in [0.1, 0.15) is 5.75 Å². The second kappa shape index (κ2) is 10.8. The van der Waals surface area contributed by atoms with Crippen LogP contribution in [0.15, 0.2) is 42.5 Å². The zero-order valence-electron chi connectivity index (χ0n) is 20.3. The molecule has 0 aliphatic carbocycles. The summed E-state index contributed by atoms with van der Waals surface area (Å²) in [6.07, 6.45) is 1.02. The number of ether oxygens (including phenoxy) is 1. The molecule has 0 saturated carbocycles. The summed E-state index contributed by atoms with van der Waals surface area (Å²) in [5.41, 5.74) is 4.80. The number of likely N-dealkylation sites (N-methyl/N-ethyl adjacent to an activating group) is 1. The van der Waals surface area contributed by atoms with Crippen LogP contribution >= 0.6 is 0 Å². The highest BCUT2D eigenvalue weighted by Crippen LogP contribution is 2.26. The van der Waals surface area contributed by atoms with Gasteiger partial charge in [-0.2, -0.15) is 0 Å². The Balaban J connectivity index is 1.04. The average molecular weight is 464 g/mol. The van der Waals surface area contributed by atoms with Crippen LogP contribution in [0.25, 0.3) is 0 Å². The molecule has 2 aromatic rings. The zero-order chi connectivity index (χ0) is 23.3. The van der Waals surface area contributed by atoms with Crippen LogP contribution in [0.1, 0.15) is 18.1 Å². The van der Waals surface area contributed by atoms with Crippen molar-refractivity contribution in [3.8, 4) is 5.75 Å². The first-order chi connectivity index (χ1) is 16.7. The van der Waals surface area contributed by atoms with Gasteiger partial charge in [0.15, 0.2) is 0 Å². The van der Waals surface area contributed by atoms with E-state index in [4.69, 9.17) is 4.74 Å². The van der Waals surface area contributed by atoms with Gasteiger partial charge in [-0.15, -0.1) is 0 Å². The Morgan fingerprint density at radius 2 is 1.59 bits per heavy atom. The maximum atomic E-state index is 12.6. The molecule has 3 aliphatic rings. The summed E-state index contributed by atoms with van der Waals surface area (Å²) < 4.78 is 5.62. The van der Waals surface area contributed by atoms with Crippen molar-refractivity contribution in [2.24, 2.45) is 0 Å². The third-order valence-electron chi connectivity index (χ3n) is 7.33. The lowest BCUT2D eigenvalue weighted by Crippen LogP contribution is -2.48. The molecule has 3 aliphatic heterocycles. The first-order valence-electron chi connectivity index (χ1n) is 12.7. The summed E-state index contributed by atoms with van der Waals surface area (Å²) in [5, 5.41) is 3.08. The molecule has 7 nitrogen and oxygen atoms in total. The Kier molecular flexibility index (Phi) is 7.33. The van der Waals surface area contributed by atoms with E-state index in [2.05, 4.69) is 62.2 Å². The number of amides is 1. The fraction of sp³-hybridized carbons (Fsp3) is 0.519. The summed E-state index contributed by atoms with van der Waals surface area (Å²) >= 11 is 0. The van der Waals surface area contributed by atoms with Crippen molar-refractivity contribution in [3.05, 3.63) is 53.6 Å². The first-order valence-corrected chi connectivity index (χ1v) is 12.7. The standard InChI is InChI=1S/C27H37N5O2/c1-2-29-14-16-32(17-15-29)25-6-4-24(5-7-25)28-27(33)21-31-12-10-30(11-13-31)20-22-3-8-26-23(19-22)9-18-34-26/h3-8,19H,2,9-18,20-21H2,1H3,(H,28,33). The molecule has 2 aromatic carbocycles. The van der Waals surface area contributed by atoms with Gasteiger partial charge in [-0.1, -0.05) is 19.1 Å². The molecule has 5 rings (SSSR count). The SMILES string of the molecule is CCN1CCN(c2ccc(NC(=O)CN3CCN(Cc4ccc5c(c4)CCO5)CC3)cc2)CC1. The number of piperazine rings is 2. The van der Waals surface area contributed by atoms with Crippen LogP contribution in [0, 0.1) is 0 Å². The van der Waals surface area contributed by atoms with Crippen LogP contribution in [0.4, 0.5) is 11.4 Å². The van der Waals surface area contributed by atoms with Crippen molar-refractivity contribution in [2.45, 2.75) is 19.9 Å². The van der Waals surface area contributed by atoms with E-state index in [9.17, 15) is 4.79 Å². The van der Waals surface area contributed by atoms with Crippen LogP contribution in [-0.4, -0.2) is 92.7 Å². The Morgan fingerprint density at radius 1 is 0.882 bits per heavy atom. The van der Waals surface area contributed by atoms with E-state index >= 15 is 0 Å². The fourth-order valence-corrected chi connectivity index (χ4v) is 5.18. The second-order valence-electron chi connectivity index (χ2n) is 9.61. The van der Waals surface area contributed by atoms with Crippen LogP contribution in [0.2, 0.25) is 0 Å². The predicted octanol–water partition coefficient (Wildman–Crippen LogP) is 2.52. The van der Waals surface area contributed by atoms with Crippen molar-refractivity contribution in [1.29, 1.82) is 0 Å². The minimum Gasteiger partial charge on any atom is -0.493 e. The van der Waals surface area contributed by atoms with E-state index in [0.717, 1.165) is 89.9 Å². The van der Waals surface area contributed by atoms with Gasteiger partial charge >= 0.3 is 0 Å². The monoisotopic (exact) mass is 463 g/mol. The lowest BCUT2D eigenvalue weighted by Gasteiger charge is -2.35. The normalized spacial score (nSPS) is 19.6. The predicted molar refractivity (Wildman–Crippen MR) is 137 cm³/mol. The molecule has 1 N–H and O–H groups in total. The highest BCUT2D eigenvalue weighted by molar-refractivity contribution is 5.92. The summed E-state index contributed by atoms with van der Waals surface area (Å²) in [6.45, 7) is 13.7. The summed E-state index contributed by atoms with van der Waals surface area (Å²) in [6, 6.07) is 14.9. The molecule has 2 fully saturated rings. The molecule has 0 bridgehead atoms. The van der Waals surface area contributed by atoms with Gasteiger partial charge in [-0.3, -0.25) is 14.6 Å².